The molecule has 0 aromatic carbocycles. The quantitative estimate of drug-likeness (QED) is 0.515. The summed E-state index contributed by atoms with van der Waals surface area (Å²) in [5.41, 5.74) is 0. The van der Waals surface area contributed by atoms with Gasteiger partial charge in [-0.05, 0) is 13.3 Å². The Kier molecular flexibility index (Phi) is 4.27. The Morgan fingerprint density at radius 1 is 1.67 bits per heavy atom. The second-order valence-corrected chi connectivity index (χ2v) is 4.04. The van der Waals surface area contributed by atoms with E-state index in [1.54, 1.807) is 0 Å². The lowest BCUT2D eigenvalue weighted by atomic mass is 9.95. The van der Waals surface area contributed by atoms with Gasteiger partial charge in [0.05, 0.1) is 7.11 Å². The van der Waals surface area contributed by atoms with Crippen LogP contribution in [0.5, 0.6) is 0 Å². The second kappa shape index (κ2) is 5.26. The zero-order valence-electron chi connectivity index (χ0n) is 9.66. The van der Waals surface area contributed by atoms with Crippen molar-refractivity contribution in [3.05, 3.63) is 0 Å². The average Bonchev–Trinajstić information content (AvgIpc) is 2.27. The molecule has 2 unspecified atom stereocenters. The van der Waals surface area contributed by atoms with E-state index in [0.29, 0.717) is 19.0 Å². The van der Waals surface area contributed by atoms with Crippen LogP contribution in [0.1, 0.15) is 26.7 Å². The standard InChI is InChI=1S/C11H19NO3/c1-4-8(2)12-6-5-10(13)9(7-12)11(14)15-3/h8-9H,4-7H2,1-3H3. The van der Waals surface area contributed by atoms with Crippen molar-refractivity contribution in [1.29, 1.82) is 0 Å². The summed E-state index contributed by atoms with van der Waals surface area (Å²) in [5.74, 6) is -0.952. The molecule has 4 heteroatoms. The van der Waals surface area contributed by atoms with Gasteiger partial charge in [-0.2, -0.15) is 0 Å². The Bertz CT molecular complexity index is 244. The number of rotatable bonds is 3. The Labute approximate surface area is 90.6 Å². The molecule has 1 rings (SSSR count). The van der Waals surface area contributed by atoms with Crippen molar-refractivity contribution in [2.45, 2.75) is 32.7 Å². The molecule has 0 amide bonds. The first-order valence-electron chi connectivity index (χ1n) is 5.44. The van der Waals surface area contributed by atoms with E-state index in [4.69, 9.17) is 0 Å². The fourth-order valence-corrected chi connectivity index (χ4v) is 1.86. The molecule has 1 heterocycles. The first-order valence-corrected chi connectivity index (χ1v) is 5.44. The van der Waals surface area contributed by atoms with E-state index in [9.17, 15) is 9.59 Å². The van der Waals surface area contributed by atoms with Crippen molar-refractivity contribution in [3.63, 3.8) is 0 Å². The number of hydrogen-bond donors (Lipinski definition) is 0. The lowest BCUT2D eigenvalue weighted by molar-refractivity contribution is -0.152. The summed E-state index contributed by atoms with van der Waals surface area (Å²) in [6, 6.07) is 0.422. The molecule has 0 aromatic heterocycles. The Morgan fingerprint density at radius 2 is 2.33 bits per heavy atom. The molecule has 1 saturated heterocycles. The van der Waals surface area contributed by atoms with Gasteiger partial charge in [-0.25, -0.2) is 0 Å². The minimum atomic E-state index is -0.572. The Balaban J connectivity index is 2.63. The van der Waals surface area contributed by atoms with Crippen LogP contribution in [0, 0.1) is 5.92 Å². The molecule has 0 N–H and O–H groups in total. The topological polar surface area (TPSA) is 46.6 Å². The molecule has 1 aliphatic heterocycles. The zero-order valence-corrected chi connectivity index (χ0v) is 9.66. The highest BCUT2D eigenvalue weighted by atomic mass is 16.5. The van der Waals surface area contributed by atoms with Crippen molar-refractivity contribution in [1.82, 2.24) is 4.90 Å². The van der Waals surface area contributed by atoms with E-state index in [-0.39, 0.29) is 5.78 Å². The van der Waals surface area contributed by atoms with E-state index < -0.39 is 11.9 Å². The summed E-state index contributed by atoms with van der Waals surface area (Å²) >= 11 is 0. The molecule has 15 heavy (non-hydrogen) atoms. The fraction of sp³-hybridized carbons (Fsp3) is 0.818. The normalized spacial score (nSPS) is 25.0. The third kappa shape index (κ3) is 2.78. The Morgan fingerprint density at radius 3 is 2.87 bits per heavy atom. The van der Waals surface area contributed by atoms with Gasteiger partial charge in [-0.3, -0.25) is 14.5 Å². The van der Waals surface area contributed by atoms with Crippen molar-refractivity contribution < 1.29 is 14.3 Å². The van der Waals surface area contributed by atoms with E-state index >= 15 is 0 Å². The molecule has 0 aromatic rings. The maximum Gasteiger partial charge on any atom is 0.317 e. The van der Waals surface area contributed by atoms with Crippen LogP contribution in [0.4, 0.5) is 0 Å². The van der Waals surface area contributed by atoms with Crippen LogP contribution >= 0.6 is 0 Å². The van der Waals surface area contributed by atoms with Gasteiger partial charge >= 0.3 is 5.97 Å². The van der Waals surface area contributed by atoms with Crippen LogP contribution in [0.25, 0.3) is 0 Å². The highest BCUT2D eigenvalue weighted by molar-refractivity contribution is 5.99. The van der Waals surface area contributed by atoms with Gasteiger partial charge in [0.15, 0.2) is 0 Å². The second-order valence-electron chi connectivity index (χ2n) is 4.04. The average molecular weight is 213 g/mol. The van der Waals surface area contributed by atoms with Crippen LogP contribution in [-0.4, -0.2) is 42.9 Å². The number of methoxy groups -OCH3 is 1. The molecule has 0 aliphatic carbocycles. The minimum Gasteiger partial charge on any atom is -0.468 e. The van der Waals surface area contributed by atoms with E-state index in [0.717, 1.165) is 13.0 Å². The number of piperidine rings is 1. The molecule has 0 spiro atoms. The number of esters is 1. The fourth-order valence-electron chi connectivity index (χ4n) is 1.86. The van der Waals surface area contributed by atoms with E-state index in [1.807, 2.05) is 0 Å². The lowest BCUT2D eigenvalue weighted by Crippen LogP contribution is -2.47. The monoisotopic (exact) mass is 213 g/mol. The van der Waals surface area contributed by atoms with Gasteiger partial charge in [-0.15, -0.1) is 0 Å². The molecule has 1 fully saturated rings. The largest absolute Gasteiger partial charge is 0.468 e. The van der Waals surface area contributed by atoms with Gasteiger partial charge < -0.3 is 4.74 Å². The summed E-state index contributed by atoms with van der Waals surface area (Å²) in [4.78, 5) is 25.1. The predicted octanol–water partition coefficient (Wildman–Crippen LogP) is 0.849. The maximum atomic E-state index is 11.5. The number of hydrogen-bond acceptors (Lipinski definition) is 4. The number of carbonyl (C=O) groups excluding carboxylic acids is 2. The lowest BCUT2D eigenvalue weighted by Gasteiger charge is -2.34. The van der Waals surface area contributed by atoms with Crippen molar-refractivity contribution in [3.8, 4) is 0 Å². The summed E-state index contributed by atoms with van der Waals surface area (Å²) < 4.78 is 4.64. The first kappa shape index (κ1) is 12.2. The van der Waals surface area contributed by atoms with Crippen molar-refractivity contribution in [2.75, 3.05) is 20.2 Å². The van der Waals surface area contributed by atoms with Crippen LogP contribution in [0.2, 0.25) is 0 Å². The van der Waals surface area contributed by atoms with Crippen LogP contribution in [0.3, 0.4) is 0 Å². The van der Waals surface area contributed by atoms with E-state index in [2.05, 4.69) is 23.5 Å². The van der Waals surface area contributed by atoms with Crippen molar-refractivity contribution in [2.24, 2.45) is 5.92 Å². The summed E-state index contributed by atoms with van der Waals surface area (Å²) in [5, 5.41) is 0. The van der Waals surface area contributed by atoms with Crippen molar-refractivity contribution >= 4 is 11.8 Å². The van der Waals surface area contributed by atoms with Crippen LogP contribution < -0.4 is 0 Å². The minimum absolute atomic E-state index is 0.0152. The number of Topliss-reactive ketones (excluding diaryl/α,β-unsaturated/α-hetero) is 1. The number of ketones is 1. The smallest absolute Gasteiger partial charge is 0.317 e. The molecule has 4 nitrogen and oxygen atoms in total. The molecular weight excluding hydrogens is 194 g/mol. The third-order valence-corrected chi connectivity index (χ3v) is 3.15. The van der Waals surface area contributed by atoms with E-state index in [1.165, 1.54) is 7.11 Å². The number of likely N-dealkylation sites (tertiary alicyclic amines) is 1. The Hall–Kier alpha value is -0.900. The van der Waals surface area contributed by atoms with Gasteiger partial charge in [-0.1, -0.05) is 6.92 Å². The van der Waals surface area contributed by atoms with Gasteiger partial charge in [0.25, 0.3) is 0 Å². The molecular formula is C11H19NO3. The first-order chi connectivity index (χ1) is 7.10. The van der Waals surface area contributed by atoms with Gasteiger partial charge in [0.1, 0.15) is 11.7 Å². The maximum absolute atomic E-state index is 11.5. The molecule has 0 saturated carbocycles. The summed E-state index contributed by atoms with van der Waals surface area (Å²) in [6.45, 7) is 5.50. The van der Waals surface area contributed by atoms with Gasteiger partial charge in [0, 0.05) is 25.6 Å². The zero-order chi connectivity index (χ0) is 11.4. The molecule has 0 radical (unpaired) electrons. The number of ether oxygens (including phenoxy) is 1. The summed E-state index contributed by atoms with van der Waals surface area (Å²) in [7, 11) is 1.33. The summed E-state index contributed by atoms with van der Waals surface area (Å²) in [6.07, 6.45) is 1.49. The molecule has 2 atom stereocenters. The number of carbonyl (C=O) groups is 2. The highest BCUT2D eigenvalue weighted by Gasteiger charge is 2.34. The highest BCUT2D eigenvalue weighted by Crippen LogP contribution is 2.17. The van der Waals surface area contributed by atoms with Crippen LogP contribution in [-0.2, 0) is 14.3 Å². The molecule has 0 bridgehead atoms. The molecule has 1 aliphatic rings. The molecule has 86 valence electrons. The van der Waals surface area contributed by atoms with Gasteiger partial charge in [0.2, 0.25) is 0 Å². The third-order valence-electron chi connectivity index (χ3n) is 3.15. The van der Waals surface area contributed by atoms with Crippen LogP contribution in [0.15, 0.2) is 0 Å². The predicted molar refractivity (Wildman–Crippen MR) is 56.5 cm³/mol. The SMILES string of the molecule is CCC(C)N1CCC(=O)C(C(=O)OC)C1. The number of nitrogens with zero attached hydrogens (tertiary/aromatic N) is 1.